The fourth-order valence-electron chi connectivity index (χ4n) is 2.70. The minimum Gasteiger partial charge on any atom is -0.454 e. The smallest absolute Gasteiger partial charge is 0.340 e. The first-order valence-electron chi connectivity index (χ1n) is 7.62. The number of aromatic amines is 1. The first-order chi connectivity index (χ1) is 12.0. The third-order valence-corrected chi connectivity index (χ3v) is 4.96. The summed E-state index contributed by atoms with van der Waals surface area (Å²) in [6, 6.07) is 12.7. The minimum absolute atomic E-state index is 0.250. The lowest BCUT2D eigenvalue weighted by Crippen LogP contribution is -2.15. The molecule has 128 valence electrons. The first-order valence-corrected chi connectivity index (χ1v) is 9.22. The molecule has 0 spiro atoms. The van der Waals surface area contributed by atoms with Gasteiger partial charge in [-0.1, -0.05) is 29.8 Å². The number of fused-ring (bicyclic) bond motifs is 1. The normalized spacial score (nSPS) is 10.8. The summed E-state index contributed by atoms with van der Waals surface area (Å²) in [5.74, 6) is -0.854. The monoisotopic (exact) mass is 373 g/mol. The minimum atomic E-state index is -0.605. The molecular weight excluding hydrogens is 358 g/mol. The van der Waals surface area contributed by atoms with E-state index in [2.05, 4.69) is 4.98 Å². The molecule has 1 aromatic heterocycles. The molecule has 3 aromatic rings. The molecule has 1 N–H and O–H groups in total. The molecule has 0 aliphatic rings. The molecule has 0 radical (unpaired) electrons. The number of hydrogen-bond acceptors (Lipinski definition) is 4. The predicted molar refractivity (Wildman–Crippen MR) is 101 cm³/mol. The average Bonchev–Trinajstić information content (AvgIpc) is 2.95. The molecule has 0 saturated heterocycles. The zero-order valence-electron chi connectivity index (χ0n) is 13.8. The highest BCUT2D eigenvalue weighted by atomic mass is 35.5. The number of benzene rings is 2. The molecule has 0 aliphatic heterocycles. The van der Waals surface area contributed by atoms with Crippen LogP contribution in [-0.4, -0.2) is 29.6 Å². The second-order valence-electron chi connectivity index (χ2n) is 5.52. The fourth-order valence-corrected chi connectivity index (χ4v) is 3.34. The lowest BCUT2D eigenvalue weighted by molar-refractivity contribution is 0.0475. The summed E-state index contributed by atoms with van der Waals surface area (Å²) >= 11 is 7.56. The van der Waals surface area contributed by atoms with Gasteiger partial charge in [-0.15, -0.1) is 11.8 Å². The van der Waals surface area contributed by atoms with Gasteiger partial charge in [0.15, 0.2) is 6.61 Å². The molecule has 3 rings (SSSR count). The maximum absolute atomic E-state index is 12.6. The molecular formula is C19H16ClNO3S. The number of thioether (sulfide) groups is 1. The number of ketones is 1. The average molecular weight is 374 g/mol. The molecule has 25 heavy (non-hydrogen) atoms. The van der Waals surface area contributed by atoms with E-state index in [1.165, 1.54) is 11.8 Å². The van der Waals surface area contributed by atoms with Crippen LogP contribution in [0.3, 0.4) is 0 Å². The van der Waals surface area contributed by atoms with Gasteiger partial charge in [0.25, 0.3) is 0 Å². The number of ether oxygens (including phenoxy) is 1. The summed E-state index contributed by atoms with van der Waals surface area (Å²) in [7, 11) is 0. The lowest BCUT2D eigenvalue weighted by Gasteiger charge is -2.07. The first kappa shape index (κ1) is 17.6. The third kappa shape index (κ3) is 3.57. The SMILES string of the molecule is CSc1ccc(Cl)c(C(=O)OCC(=O)c2c(C)[nH]c3ccccc23)c1. The van der Waals surface area contributed by atoms with Crippen molar-refractivity contribution in [1.29, 1.82) is 0 Å². The maximum Gasteiger partial charge on any atom is 0.340 e. The lowest BCUT2D eigenvalue weighted by atomic mass is 10.1. The number of H-pyrrole nitrogens is 1. The van der Waals surface area contributed by atoms with Crippen molar-refractivity contribution in [3.05, 3.63) is 64.3 Å². The summed E-state index contributed by atoms with van der Waals surface area (Å²) in [6.07, 6.45) is 1.90. The summed E-state index contributed by atoms with van der Waals surface area (Å²) < 4.78 is 5.20. The molecule has 1 heterocycles. The van der Waals surface area contributed by atoms with Crippen LogP contribution in [0.15, 0.2) is 47.4 Å². The molecule has 0 bridgehead atoms. The number of rotatable bonds is 5. The molecule has 0 amide bonds. The molecule has 4 nitrogen and oxygen atoms in total. The zero-order chi connectivity index (χ0) is 18.0. The van der Waals surface area contributed by atoms with Crippen LogP contribution in [0, 0.1) is 6.92 Å². The van der Waals surface area contributed by atoms with Crippen molar-refractivity contribution in [3.8, 4) is 0 Å². The topological polar surface area (TPSA) is 59.2 Å². The number of carbonyl (C=O) groups excluding carboxylic acids is 2. The third-order valence-electron chi connectivity index (χ3n) is 3.90. The zero-order valence-corrected chi connectivity index (χ0v) is 15.3. The number of aryl methyl sites for hydroxylation is 1. The molecule has 0 unspecified atom stereocenters. The Labute approximate surface area is 154 Å². The Hall–Kier alpha value is -2.24. The van der Waals surface area contributed by atoms with Crippen LogP contribution < -0.4 is 0 Å². The van der Waals surface area contributed by atoms with Crippen molar-refractivity contribution in [2.24, 2.45) is 0 Å². The van der Waals surface area contributed by atoms with Crippen LogP contribution in [0.1, 0.15) is 26.4 Å². The Morgan fingerprint density at radius 3 is 2.72 bits per heavy atom. The van der Waals surface area contributed by atoms with Gasteiger partial charge in [0.1, 0.15) is 0 Å². The summed E-state index contributed by atoms with van der Waals surface area (Å²) in [5.41, 5.74) is 2.44. The van der Waals surface area contributed by atoms with Gasteiger partial charge < -0.3 is 9.72 Å². The van der Waals surface area contributed by atoms with Gasteiger partial charge >= 0.3 is 5.97 Å². The highest BCUT2D eigenvalue weighted by Gasteiger charge is 2.19. The van der Waals surface area contributed by atoms with Crippen LogP contribution in [0.25, 0.3) is 10.9 Å². The van der Waals surface area contributed by atoms with E-state index in [0.29, 0.717) is 10.6 Å². The molecule has 6 heteroatoms. The van der Waals surface area contributed by atoms with E-state index < -0.39 is 5.97 Å². The molecule has 0 atom stereocenters. The number of halogens is 1. The maximum atomic E-state index is 12.6. The Kier molecular flexibility index (Phi) is 5.16. The number of Topliss-reactive ketones (excluding diaryl/α,β-unsaturated/α-hetero) is 1. The van der Waals surface area contributed by atoms with E-state index in [1.807, 2.05) is 43.5 Å². The highest BCUT2D eigenvalue weighted by molar-refractivity contribution is 7.98. The van der Waals surface area contributed by atoms with Crippen molar-refractivity contribution in [2.75, 3.05) is 12.9 Å². The number of carbonyl (C=O) groups is 2. The Morgan fingerprint density at radius 1 is 1.20 bits per heavy atom. The van der Waals surface area contributed by atoms with Gasteiger partial charge in [-0.3, -0.25) is 4.79 Å². The van der Waals surface area contributed by atoms with E-state index in [4.69, 9.17) is 16.3 Å². The number of nitrogens with one attached hydrogen (secondary N) is 1. The van der Waals surface area contributed by atoms with E-state index in [1.54, 1.807) is 12.1 Å². The van der Waals surface area contributed by atoms with Gasteiger partial charge in [0.2, 0.25) is 5.78 Å². The van der Waals surface area contributed by atoms with Crippen molar-refractivity contribution < 1.29 is 14.3 Å². The number of hydrogen-bond donors (Lipinski definition) is 1. The predicted octanol–water partition coefficient (Wildman–Crippen LogP) is 4.89. The van der Waals surface area contributed by atoms with E-state index in [-0.39, 0.29) is 18.0 Å². The van der Waals surface area contributed by atoms with Crippen LogP contribution in [-0.2, 0) is 4.74 Å². The van der Waals surface area contributed by atoms with Gasteiger partial charge in [0, 0.05) is 27.1 Å². The van der Waals surface area contributed by atoms with E-state index in [9.17, 15) is 9.59 Å². The number of aromatic nitrogens is 1. The van der Waals surface area contributed by atoms with Crippen molar-refractivity contribution >= 4 is 46.0 Å². The van der Waals surface area contributed by atoms with Gasteiger partial charge in [0.05, 0.1) is 10.6 Å². The van der Waals surface area contributed by atoms with Gasteiger partial charge in [-0.05, 0) is 37.4 Å². The number of para-hydroxylation sites is 1. The standard InChI is InChI=1S/C19H16ClNO3S/c1-11-18(13-5-3-4-6-16(13)21-11)17(22)10-24-19(23)14-9-12(25-2)7-8-15(14)20/h3-9,21H,10H2,1-2H3. The molecule has 0 aliphatic carbocycles. The van der Waals surface area contributed by atoms with Crippen molar-refractivity contribution in [3.63, 3.8) is 0 Å². The second kappa shape index (κ2) is 7.33. The Bertz CT molecular complexity index is 964. The van der Waals surface area contributed by atoms with Crippen molar-refractivity contribution in [2.45, 2.75) is 11.8 Å². The van der Waals surface area contributed by atoms with Crippen LogP contribution in [0.5, 0.6) is 0 Å². The van der Waals surface area contributed by atoms with E-state index >= 15 is 0 Å². The molecule has 0 saturated carbocycles. The number of esters is 1. The highest BCUT2D eigenvalue weighted by Crippen LogP contribution is 2.25. The second-order valence-corrected chi connectivity index (χ2v) is 6.80. The Balaban J connectivity index is 1.78. The molecule has 2 aromatic carbocycles. The summed E-state index contributed by atoms with van der Waals surface area (Å²) in [6.45, 7) is 1.50. The van der Waals surface area contributed by atoms with Crippen LogP contribution in [0.4, 0.5) is 0 Å². The largest absolute Gasteiger partial charge is 0.454 e. The fraction of sp³-hybridized carbons (Fsp3) is 0.158. The van der Waals surface area contributed by atoms with Crippen LogP contribution >= 0.6 is 23.4 Å². The van der Waals surface area contributed by atoms with Crippen molar-refractivity contribution in [1.82, 2.24) is 4.98 Å². The Morgan fingerprint density at radius 2 is 1.96 bits per heavy atom. The van der Waals surface area contributed by atoms with Crippen LogP contribution in [0.2, 0.25) is 5.02 Å². The van der Waals surface area contributed by atoms with E-state index in [0.717, 1.165) is 21.5 Å². The summed E-state index contributed by atoms with van der Waals surface area (Å²) in [4.78, 5) is 28.9. The summed E-state index contributed by atoms with van der Waals surface area (Å²) in [5, 5.41) is 1.13. The van der Waals surface area contributed by atoms with Gasteiger partial charge in [-0.2, -0.15) is 0 Å². The van der Waals surface area contributed by atoms with Gasteiger partial charge in [-0.25, -0.2) is 4.79 Å². The molecule has 0 fully saturated rings. The quantitative estimate of drug-likeness (QED) is 0.393.